The highest BCUT2D eigenvalue weighted by Gasteiger charge is 2.20. The van der Waals surface area contributed by atoms with E-state index in [1.54, 1.807) is 10.6 Å². The van der Waals surface area contributed by atoms with Crippen molar-refractivity contribution in [3.8, 4) is 23.8 Å². The second-order valence-corrected chi connectivity index (χ2v) is 13.5. The van der Waals surface area contributed by atoms with Crippen LogP contribution in [0.1, 0.15) is 46.4 Å². The number of ether oxygens (including phenoxy) is 1. The molecule has 0 aliphatic carbocycles. The topological polar surface area (TPSA) is 219 Å². The summed E-state index contributed by atoms with van der Waals surface area (Å²) in [6, 6.07) is 3.11. The molecular formula is C27H37Cl3N9O7P. The summed E-state index contributed by atoms with van der Waals surface area (Å²) in [6.45, 7) is 9.11. The minimum absolute atomic E-state index is 0.0788. The van der Waals surface area contributed by atoms with E-state index in [1.165, 1.54) is 10.7 Å². The van der Waals surface area contributed by atoms with Crippen molar-refractivity contribution in [1.82, 2.24) is 34.6 Å². The Kier molecular flexibility index (Phi) is 15.4. The third kappa shape index (κ3) is 14.1. The fraction of sp³-hybridized carbons (Fsp3) is 0.481. The lowest BCUT2D eigenvalue weighted by Crippen LogP contribution is -2.27. The van der Waals surface area contributed by atoms with Gasteiger partial charge in [-0.1, -0.05) is 29.1 Å². The molecule has 0 bridgehead atoms. The number of hydrogen-bond acceptors (Lipinski definition) is 11. The lowest BCUT2D eigenvalue weighted by Gasteiger charge is -2.20. The van der Waals surface area contributed by atoms with Crippen molar-refractivity contribution in [1.29, 1.82) is 0 Å². The molecule has 3 heterocycles. The maximum absolute atomic E-state index is 12.5. The highest BCUT2D eigenvalue weighted by molar-refractivity contribution is 7.51. The largest absolute Gasteiger partial charge is 0.480 e. The van der Waals surface area contributed by atoms with Gasteiger partial charge >= 0.3 is 19.3 Å². The van der Waals surface area contributed by atoms with E-state index >= 15 is 0 Å². The van der Waals surface area contributed by atoms with Crippen LogP contribution in [0.3, 0.4) is 0 Å². The number of aliphatic carboxylic acids is 1. The molecule has 258 valence electrons. The molecule has 6 N–H and O–H groups in total. The van der Waals surface area contributed by atoms with E-state index in [0.29, 0.717) is 39.9 Å². The van der Waals surface area contributed by atoms with E-state index in [-0.39, 0.29) is 23.1 Å². The number of anilines is 2. The lowest BCUT2D eigenvalue weighted by atomic mass is 10.1. The average molecular weight is 737 g/mol. The Bertz CT molecular complexity index is 1670. The van der Waals surface area contributed by atoms with Crippen LogP contribution < -0.4 is 26.4 Å². The number of rotatable bonds is 10. The molecular weight excluding hydrogens is 700 g/mol. The zero-order chi connectivity index (χ0) is 35.4. The number of terminal acetylenes is 1. The summed E-state index contributed by atoms with van der Waals surface area (Å²) in [5.74, 6) is 3.34. The quantitative estimate of drug-likeness (QED) is 0.129. The number of carboxylic acid groups (broad SMARTS) is 1. The van der Waals surface area contributed by atoms with Crippen LogP contribution in [0.4, 0.5) is 11.9 Å². The van der Waals surface area contributed by atoms with Gasteiger partial charge in [-0.25, -0.2) is 4.79 Å². The fourth-order valence-corrected chi connectivity index (χ4v) is 4.84. The Morgan fingerprint density at radius 1 is 1.13 bits per heavy atom. The summed E-state index contributed by atoms with van der Waals surface area (Å²) >= 11 is 18.1. The van der Waals surface area contributed by atoms with Gasteiger partial charge in [0.05, 0.1) is 28.6 Å². The third-order valence-electron chi connectivity index (χ3n) is 5.54. The monoisotopic (exact) mass is 735 g/mol. The highest BCUT2D eigenvalue weighted by Crippen LogP contribution is 2.33. The number of aryl methyl sites for hydroxylation is 1. The normalized spacial score (nSPS) is 12.3. The van der Waals surface area contributed by atoms with E-state index < -0.39 is 26.4 Å². The van der Waals surface area contributed by atoms with Crippen molar-refractivity contribution < 1.29 is 29.0 Å². The van der Waals surface area contributed by atoms with Crippen molar-refractivity contribution in [2.75, 3.05) is 36.6 Å². The molecule has 20 heteroatoms. The molecule has 1 aromatic carbocycles. The minimum atomic E-state index is -4.10. The number of halogens is 3. The number of aromatic nitrogens is 6. The van der Waals surface area contributed by atoms with E-state index in [4.69, 9.17) is 60.9 Å². The van der Waals surface area contributed by atoms with Crippen LogP contribution >= 0.6 is 42.4 Å². The minimum Gasteiger partial charge on any atom is -0.480 e. The molecule has 2 aromatic heterocycles. The smallest absolute Gasteiger partial charge is 0.350 e. The van der Waals surface area contributed by atoms with Gasteiger partial charge in [0, 0.05) is 31.1 Å². The van der Waals surface area contributed by atoms with Crippen molar-refractivity contribution >= 4 is 60.3 Å². The predicted octanol–water partition coefficient (Wildman–Crippen LogP) is 3.65. The van der Waals surface area contributed by atoms with Gasteiger partial charge < -0.3 is 30.3 Å². The van der Waals surface area contributed by atoms with Gasteiger partial charge in [0.15, 0.2) is 0 Å². The number of fused-ring (bicyclic) bond motifs is 1. The number of benzene rings is 1. The van der Waals surface area contributed by atoms with Gasteiger partial charge in [0.1, 0.15) is 18.2 Å². The van der Waals surface area contributed by atoms with Gasteiger partial charge in [-0.3, -0.25) is 19.2 Å². The van der Waals surface area contributed by atoms with Gasteiger partial charge in [-0.2, -0.15) is 19.6 Å². The van der Waals surface area contributed by atoms with E-state index in [2.05, 4.69) is 41.9 Å². The molecule has 0 saturated heterocycles. The first-order valence-electron chi connectivity index (χ1n) is 14.1. The van der Waals surface area contributed by atoms with Gasteiger partial charge in [0.2, 0.25) is 17.2 Å². The molecule has 47 heavy (non-hydrogen) atoms. The van der Waals surface area contributed by atoms with Crippen LogP contribution in [0.15, 0.2) is 16.9 Å². The molecule has 1 aliphatic rings. The Balaban J connectivity index is 0.000000268. The van der Waals surface area contributed by atoms with Crippen molar-refractivity contribution in [2.45, 2.75) is 59.0 Å². The second kappa shape index (κ2) is 18.2. The van der Waals surface area contributed by atoms with Gasteiger partial charge in [0.25, 0.3) is 0 Å². The molecule has 16 nitrogen and oxygen atoms in total. The zero-order valence-electron chi connectivity index (χ0n) is 26.1. The molecule has 1 aliphatic heterocycles. The molecule has 0 radical (unpaired) electrons. The summed E-state index contributed by atoms with van der Waals surface area (Å²) in [4.78, 5) is 50.7. The second-order valence-electron chi connectivity index (χ2n) is 10.7. The maximum atomic E-state index is 12.5. The standard InChI is InChI=1S/C15H13Cl2N3O2.C9H16ClN5.C3H8NO5P/c1-2-7-22-13-9-12(10(16)8-11(13)17)20-15(21)19-6-4-3-5-14(19)18-20;1-5-11-7-12-6(10)13-8(14-7)15-9(2,3)4;5-3(6)1-4-2-10(7,8)9/h1,8-9H,3-7H2;5H2,1-4H3,(H2,11,12,13,14,15);4H,1-2H2,(H,5,6)(H2,7,8,9). The van der Waals surface area contributed by atoms with Crippen LogP contribution in [0.5, 0.6) is 5.75 Å². The number of nitrogens with zero attached hydrogens (tertiary/aromatic N) is 6. The molecule has 4 rings (SSSR count). The molecule has 0 fully saturated rings. The number of carboxylic acids is 1. The first-order valence-corrected chi connectivity index (χ1v) is 17.0. The van der Waals surface area contributed by atoms with Crippen molar-refractivity contribution in [3.63, 3.8) is 0 Å². The van der Waals surface area contributed by atoms with E-state index in [9.17, 15) is 14.2 Å². The summed E-state index contributed by atoms with van der Waals surface area (Å²) < 4.78 is 18.4. The zero-order valence-corrected chi connectivity index (χ0v) is 29.3. The Morgan fingerprint density at radius 3 is 2.38 bits per heavy atom. The van der Waals surface area contributed by atoms with Crippen LogP contribution in [0.25, 0.3) is 5.69 Å². The molecule has 0 spiro atoms. The molecule has 0 atom stereocenters. The Morgan fingerprint density at radius 2 is 1.81 bits per heavy atom. The molecule has 0 amide bonds. The number of hydrogen-bond donors (Lipinski definition) is 6. The van der Waals surface area contributed by atoms with Crippen molar-refractivity contribution in [2.24, 2.45) is 0 Å². The molecule has 0 saturated carbocycles. The molecule has 0 unspecified atom stereocenters. The van der Waals surface area contributed by atoms with E-state index in [1.807, 2.05) is 27.7 Å². The maximum Gasteiger partial charge on any atom is 0.350 e. The summed E-state index contributed by atoms with van der Waals surface area (Å²) in [5.41, 5.74) is 0.126. The summed E-state index contributed by atoms with van der Waals surface area (Å²) in [5, 5.41) is 21.4. The van der Waals surface area contributed by atoms with Crippen molar-refractivity contribution in [3.05, 3.63) is 43.8 Å². The van der Waals surface area contributed by atoms with Crippen LogP contribution in [-0.4, -0.2) is 81.7 Å². The van der Waals surface area contributed by atoms with Gasteiger partial charge in [-0.05, 0) is 58.2 Å². The first-order chi connectivity index (χ1) is 21.9. The summed E-state index contributed by atoms with van der Waals surface area (Å²) in [6.07, 6.45) is 7.37. The van der Waals surface area contributed by atoms with Crippen LogP contribution in [0.2, 0.25) is 15.3 Å². The average Bonchev–Trinajstić information content (AvgIpc) is 3.27. The summed E-state index contributed by atoms with van der Waals surface area (Å²) in [7, 11) is -4.10. The number of carbonyl (C=O) groups is 1. The SMILES string of the molecule is C#CCOc1cc(-n2nc3n(c2=O)CCCC3)c(Cl)cc1Cl.CCNc1nc(Cl)nc(NC(C)(C)C)n1.O=C(O)CNCP(=O)(O)O. The fourth-order valence-electron chi connectivity index (χ4n) is 3.75. The lowest BCUT2D eigenvalue weighted by molar-refractivity contribution is -0.135. The Hall–Kier alpha value is -3.42. The van der Waals surface area contributed by atoms with E-state index in [0.717, 1.165) is 31.6 Å². The predicted molar refractivity (Wildman–Crippen MR) is 180 cm³/mol. The first kappa shape index (κ1) is 39.8. The highest BCUT2D eigenvalue weighted by atomic mass is 35.5. The third-order valence-corrected chi connectivity index (χ3v) is 6.94. The van der Waals surface area contributed by atoms with Gasteiger partial charge in [-0.15, -0.1) is 11.5 Å². The number of nitrogens with one attached hydrogen (secondary N) is 3. The van der Waals surface area contributed by atoms with Crippen LogP contribution in [-0.2, 0) is 22.3 Å². The Labute approximate surface area is 286 Å². The molecule has 3 aromatic rings. The van der Waals surface area contributed by atoms with Crippen LogP contribution in [0, 0.1) is 12.3 Å².